The van der Waals surface area contributed by atoms with Crippen molar-refractivity contribution in [2.75, 3.05) is 14.1 Å². The van der Waals surface area contributed by atoms with Crippen LogP contribution in [0.2, 0.25) is 0 Å². The van der Waals surface area contributed by atoms with Gasteiger partial charge >= 0.3 is 0 Å². The van der Waals surface area contributed by atoms with Gasteiger partial charge in [0.25, 0.3) is 0 Å². The molecule has 0 radical (unpaired) electrons. The Morgan fingerprint density at radius 3 is 2.67 bits per heavy atom. The average Bonchev–Trinajstić information content (AvgIpc) is 2.06. The fourth-order valence-electron chi connectivity index (χ4n) is 1.76. The number of rotatable bonds is 3. The quantitative estimate of drug-likeness (QED) is 0.584. The van der Waals surface area contributed by atoms with Crippen LogP contribution in [0.1, 0.15) is 32.6 Å². The summed E-state index contributed by atoms with van der Waals surface area (Å²) < 4.78 is 0. The lowest BCUT2D eigenvalue weighted by Gasteiger charge is -2.26. The molecule has 0 saturated carbocycles. The Morgan fingerprint density at radius 1 is 1.42 bits per heavy atom. The van der Waals surface area contributed by atoms with Gasteiger partial charge in [-0.3, -0.25) is 0 Å². The van der Waals surface area contributed by atoms with Gasteiger partial charge in [0.1, 0.15) is 0 Å². The smallest absolute Gasteiger partial charge is 0.00635 e. The van der Waals surface area contributed by atoms with E-state index in [2.05, 4.69) is 38.1 Å². The summed E-state index contributed by atoms with van der Waals surface area (Å²) in [6.45, 7) is 2.32. The van der Waals surface area contributed by atoms with Gasteiger partial charge in [-0.2, -0.15) is 0 Å². The molecule has 0 spiro atoms. The molecule has 0 aromatic rings. The van der Waals surface area contributed by atoms with Crippen molar-refractivity contribution in [3.8, 4) is 0 Å². The molecule has 0 N–H and O–H groups in total. The van der Waals surface area contributed by atoms with Crippen LogP contribution in [0.5, 0.6) is 0 Å². The van der Waals surface area contributed by atoms with Crippen LogP contribution in [0.3, 0.4) is 0 Å². The maximum Gasteiger partial charge on any atom is 0.00635 e. The predicted molar refractivity (Wildman–Crippen MR) is 54.2 cm³/mol. The summed E-state index contributed by atoms with van der Waals surface area (Å²) in [5.41, 5.74) is 0. The summed E-state index contributed by atoms with van der Waals surface area (Å²) in [4.78, 5) is 2.32. The lowest BCUT2D eigenvalue weighted by molar-refractivity contribution is 0.253. The zero-order valence-corrected chi connectivity index (χ0v) is 8.59. The van der Waals surface area contributed by atoms with Crippen molar-refractivity contribution >= 4 is 0 Å². The highest BCUT2D eigenvalue weighted by Gasteiger charge is 2.14. The van der Waals surface area contributed by atoms with Crippen LogP contribution in [0.4, 0.5) is 0 Å². The fraction of sp³-hybridized carbons (Fsp3) is 0.818. The third-order valence-corrected chi connectivity index (χ3v) is 2.93. The summed E-state index contributed by atoms with van der Waals surface area (Å²) in [6, 6.07) is 0.737. The Bertz CT molecular complexity index is 149. The van der Waals surface area contributed by atoms with Crippen molar-refractivity contribution in [1.82, 2.24) is 4.90 Å². The molecular weight excluding hydrogens is 146 g/mol. The summed E-state index contributed by atoms with van der Waals surface area (Å²) in [5, 5.41) is 0. The zero-order valence-electron chi connectivity index (χ0n) is 8.59. The van der Waals surface area contributed by atoms with Gasteiger partial charge in [-0.1, -0.05) is 12.2 Å². The molecule has 0 amide bonds. The van der Waals surface area contributed by atoms with Crippen molar-refractivity contribution in [3.05, 3.63) is 12.2 Å². The van der Waals surface area contributed by atoms with Crippen molar-refractivity contribution in [1.29, 1.82) is 0 Å². The monoisotopic (exact) mass is 167 g/mol. The molecule has 70 valence electrons. The van der Waals surface area contributed by atoms with E-state index in [1.165, 1.54) is 25.7 Å². The second-order valence-corrected chi connectivity index (χ2v) is 4.20. The Kier molecular flexibility index (Phi) is 3.80. The summed E-state index contributed by atoms with van der Waals surface area (Å²) in [7, 11) is 4.34. The molecule has 1 aliphatic carbocycles. The minimum absolute atomic E-state index is 0.737. The predicted octanol–water partition coefficient (Wildman–Crippen LogP) is 2.68. The standard InChI is InChI=1S/C11H21N/c1-10(12(2)3)9-11-7-5-4-6-8-11/h4-5,10-11H,6-9H2,1-3H3. The lowest BCUT2D eigenvalue weighted by atomic mass is 9.89. The molecule has 2 atom stereocenters. The van der Waals surface area contributed by atoms with E-state index in [0.717, 1.165) is 12.0 Å². The maximum absolute atomic E-state index is 2.34. The molecule has 12 heavy (non-hydrogen) atoms. The highest BCUT2D eigenvalue weighted by atomic mass is 15.1. The molecule has 0 bridgehead atoms. The zero-order chi connectivity index (χ0) is 8.97. The van der Waals surface area contributed by atoms with Crippen LogP contribution in [0.25, 0.3) is 0 Å². The van der Waals surface area contributed by atoms with E-state index >= 15 is 0 Å². The number of hydrogen-bond acceptors (Lipinski definition) is 1. The van der Waals surface area contributed by atoms with Gasteiger partial charge in [-0.25, -0.2) is 0 Å². The number of hydrogen-bond donors (Lipinski definition) is 0. The van der Waals surface area contributed by atoms with Crippen LogP contribution in [-0.2, 0) is 0 Å². The van der Waals surface area contributed by atoms with E-state index in [9.17, 15) is 0 Å². The third-order valence-electron chi connectivity index (χ3n) is 2.93. The van der Waals surface area contributed by atoms with Gasteiger partial charge in [0.15, 0.2) is 0 Å². The van der Waals surface area contributed by atoms with E-state index in [1.807, 2.05) is 0 Å². The highest BCUT2D eigenvalue weighted by molar-refractivity contribution is 4.90. The van der Waals surface area contributed by atoms with Gasteiger partial charge in [0, 0.05) is 6.04 Å². The fourth-order valence-corrected chi connectivity index (χ4v) is 1.76. The van der Waals surface area contributed by atoms with Gasteiger partial charge in [-0.15, -0.1) is 0 Å². The van der Waals surface area contributed by atoms with E-state index in [1.54, 1.807) is 0 Å². The molecule has 0 heterocycles. The molecule has 0 fully saturated rings. The normalized spacial score (nSPS) is 26.2. The molecule has 0 aromatic heterocycles. The Labute approximate surface area is 76.5 Å². The van der Waals surface area contributed by atoms with E-state index in [0.29, 0.717) is 0 Å². The summed E-state index contributed by atoms with van der Waals surface area (Å²) in [6.07, 6.45) is 10.0. The first kappa shape index (κ1) is 9.79. The second kappa shape index (κ2) is 4.66. The summed E-state index contributed by atoms with van der Waals surface area (Å²) >= 11 is 0. The first-order valence-corrected chi connectivity index (χ1v) is 5.01. The molecule has 1 nitrogen and oxygen atoms in total. The molecule has 1 rings (SSSR count). The van der Waals surface area contributed by atoms with Crippen LogP contribution in [0, 0.1) is 5.92 Å². The van der Waals surface area contributed by atoms with Crippen LogP contribution >= 0.6 is 0 Å². The first-order chi connectivity index (χ1) is 5.70. The largest absolute Gasteiger partial charge is 0.307 e. The maximum atomic E-state index is 2.34. The lowest BCUT2D eigenvalue weighted by Crippen LogP contribution is -2.27. The summed E-state index contributed by atoms with van der Waals surface area (Å²) in [5.74, 6) is 0.937. The molecule has 0 saturated heterocycles. The van der Waals surface area contributed by atoms with Crippen molar-refractivity contribution in [3.63, 3.8) is 0 Å². The van der Waals surface area contributed by atoms with Crippen LogP contribution < -0.4 is 0 Å². The average molecular weight is 167 g/mol. The van der Waals surface area contributed by atoms with Gasteiger partial charge in [0.05, 0.1) is 0 Å². The minimum Gasteiger partial charge on any atom is -0.307 e. The SMILES string of the molecule is CC(CC1CC=CCC1)N(C)C. The second-order valence-electron chi connectivity index (χ2n) is 4.20. The highest BCUT2D eigenvalue weighted by Crippen LogP contribution is 2.23. The molecule has 1 heteroatoms. The van der Waals surface area contributed by atoms with Crippen LogP contribution in [-0.4, -0.2) is 25.0 Å². The first-order valence-electron chi connectivity index (χ1n) is 5.01. The molecule has 1 aliphatic rings. The number of allylic oxidation sites excluding steroid dienone is 2. The molecular formula is C11H21N. The molecule has 0 aromatic carbocycles. The number of nitrogens with zero attached hydrogens (tertiary/aromatic N) is 1. The molecule has 0 aliphatic heterocycles. The topological polar surface area (TPSA) is 3.24 Å². The van der Waals surface area contributed by atoms with E-state index < -0.39 is 0 Å². The Morgan fingerprint density at radius 2 is 2.17 bits per heavy atom. The van der Waals surface area contributed by atoms with Crippen molar-refractivity contribution in [2.24, 2.45) is 5.92 Å². The van der Waals surface area contributed by atoms with Crippen molar-refractivity contribution in [2.45, 2.75) is 38.6 Å². The van der Waals surface area contributed by atoms with Gasteiger partial charge in [-0.05, 0) is 52.6 Å². The van der Waals surface area contributed by atoms with E-state index in [-0.39, 0.29) is 0 Å². The Hall–Kier alpha value is -0.300. The van der Waals surface area contributed by atoms with Crippen molar-refractivity contribution < 1.29 is 0 Å². The minimum atomic E-state index is 0.737. The van der Waals surface area contributed by atoms with E-state index in [4.69, 9.17) is 0 Å². The molecule has 2 unspecified atom stereocenters. The Balaban J connectivity index is 2.25. The third kappa shape index (κ3) is 2.98. The van der Waals surface area contributed by atoms with Crippen LogP contribution in [0.15, 0.2) is 12.2 Å². The van der Waals surface area contributed by atoms with Gasteiger partial charge in [0.2, 0.25) is 0 Å². The van der Waals surface area contributed by atoms with Gasteiger partial charge < -0.3 is 4.90 Å².